The molecule has 20 heavy (non-hydrogen) atoms. The van der Waals surface area contributed by atoms with E-state index in [0.29, 0.717) is 25.4 Å². The van der Waals surface area contributed by atoms with Gasteiger partial charge < -0.3 is 20.1 Å². The lowest BCUT2D eigenvalue weighted by molar-refractivity contribution is 0.0525. The highest BCUT2D eigenvalue weighted by Gasteiger charge is 2.22. The van der Waals surface area contributed by atoms with Crippen LogP contribution in [0.15, 0.2) is 12.1 Å². The fourth-order valence-corrected chi connectivity index (χ4v) is 2.24. The van der Waals surface area contributed by atoms with E-state index in [0.717, 1.165) is 0 Å². The number of hydrogen-bond donors (Lipinski definition) is 1. The third kappa shape index (κ3) is 3.01. The van der Waals surface area contributed by atoms with Crippen molar-refractivity contribution in [1.29, 1.82) is 0 Å². The first-order chi connectivity index (χ1) is 9.52. The molecule has 1 saturated heterocycles. The molecule has 6 heteroatoms. The summed E-state index contributed by atoms with van der Waals surface area (Å²) in [7, 11) is 0. The predicted molar refractivity (Wildman–Crippen MR) is 74.4 cm³/mol. The highest BCUT2D eigenvalue weighted by atomic mass is 19.1. The number of morpholine rings is 1. The van der Waals surface area contributed by atoms with Gasteiger partial charge in [-0.15, -0.1) is 0 Å². The van der Waals surface area contributed by atoms with Gasteiger partial charge in [0.15, 0.2) is 0 Å². The van der Waals surface area contributed by atoms with E-state index in [2.05, 4.69) is 0 Å². The van der Waals surface area contributed by atoms with Crippen molar-refractivity contribution in [3.05, 3.63) is 23.5 Å². The Morgan fingerprint density at radius 2 is 2.35 bits per heavy atom. The molecule has 0 saturated carbocycles. The van der Waals surface area contributed by atoms with Gasteiger partial charge in [-0.3, -0.25) is 0 Å². The van der Waals surface area contributed by atoms with Gasteiger partial charge in [-0.1, -0.05) is 0 Å². The van der Waals surface area contributed by atoms with E-state index in [1.165, 1.54) is 12.1 Å². The van der Waals surface area contributed by atoms with Crippen molar-refractivity contribution in [3.63, 3.8) is 0 Å². The average Bonchev–Trinajstić information content (AvgIpc) is 2.39. The van der Waals surface area contributed by atoms with Gasteiger partial charge in [0, 0.05) is 18.8 Å². The van der Waals surface area contributed by atoms with Gasteiger partial charge in [-0.25, -0.2) is 9.18 Å². The SMILES string of the molecule is CCOC(=O)c1cc(N2CCOC(C)C2)c(F)cc1N. The molecule has 5 nitrogen and oxygen atoms in total. The Hall–Kier alpha value is -1.82. The third-order valence-corrected chi connectivity index (χ3v) is 3.20. The molecule has 1 aromatic carbocycles. The number of benzene rings is 1. The maximum atomic E-state index is 14.1. The molecule has 2 rings (SSSR count). The number of nitrogens with two attached hydrogens (primary N) is 1. The fraction of sp³-hybridized carbons (Fsp3) is 0.500. The highest BCUT2D eigenvalue weighted by Crippen LogP contribution is 2.27. The summed E-state index contributed by atoms with van der Waals surface area (Å²) in [6.07, 6.45) is 0.0201. The van der Waals surface area contributed by atoms with Crippen LogP contribution in [0, 0.1) is 5.82 Å². The minimum absolute atomic E-state index is 0.0201. The lowest BCUT2D eigenvalue weighted by Gasteiger charge is -2.33. The summed E-state index contributed by atoms with van der Waals surface area (Å²) >= 11 is 0. The summed E-state index contributed by atoms with van der Waals surface area (Å²) in [5.41, 5.74) is 6.34. The number of carbonyl (C=O) groups is 1. The molecule has 0 amide bonds. The summed E-state index contributed by atoms with van der Waals surface area (Å²) in [5.74, 6) is -0.975. The second-order valence-corrected chi connectivity index (χ2v) is 4.74. The standard InChI is InChI=1S/C14H19FN2O3/c1-3-19-14(18)10-6-13(11(15)7-12(10)16)17-4-5-20-9(2)8-17/h6-7,9H,3-5,8,16H2,1-2H3. The second kappa shape index (κ2) is 6.09. The maximum Gasteiger partial charge on any atom is 0.340 e. The van der Waals surface area contributed by atoms with Crippen LogP contribution in [-0.4, -0.2) is 38.4 Å². The first-order valence-corrected chi connectivity index (χ1v) is 6.65. The molecule has 1 atom stereocenters. The van der Waals surface area contributed by atoms with Gasteiger partial charge in [-0.05, 0) is 26.0 Å². The molecular weight excluding hydrogens is 263 g/mol. The number of anilines is 2. The number of ether oxygens (including phenoxy) is 2. The van der Waals surface area contributed by atoms with Gasteiger partial charge in [0.1, 0.15) is 5.82 Å². The zero-order chi connectivity index (χ0) is 14.7. The molecule has 0 spiro atoms. The smallest absolute Gasteiger partial charge is 0.340 e. The molecule has 1 aliphatic rings. The van der Waals surface area contributed by atoms with Crippen molar-refractivity contribution in [2.45, 2.75) is 20.0 Å². The number of halogens is 1. The van der Waals surface area contributed by atoms with Crippen molar-refractivity contribution in [3.8, 4) is 0 Å². The summed E-state index contributed by atoms with van der Waals surface area (Å²) in [6, 6.07) is 2.63. The summed E-state index contributed by atoms with van der Waals surface area (Å²) in [6.45, 7) is 5.56. The number of esters is 1. The van der Waals surface area contributed by atoms with E-state index in [4.69, 9.17) is 15.2 Å². The van der Waals surface area contributed by atoms with Crippen LogP contribution in [0.3, 0.4) is 0 Å². The molecular formula is C14H19FN2O3. The van der Waals surface area contributed by atoms with E-state index < -0.39 is 11.8 Å². The molecule has 1 unspecified atom stereocenters. The quantitative estimate of drug-likeness (QED) is 0.676. The molecule has 0 aliphatic carbocycles. The van der Waals surface area contributed by atoms with E-state index in [9.17, 15) is 9.18 Å². The molecule has 1 aromatic rings. The normalized spacial score (nSPS) is 18.9. The fourth-order valence-electron chi connectivity index (χ4n) is 2.24. The Morgan fingerprint density at radius 1 is 1.60 bits per heavy atom. The third-order valence-electron chi connectivity index (χ3n) is 3.20. The zero-order valence-electron chi connectivity index (χ0n) is 11.7. The summed E-state index contributed by atoms with van der Waals surface area (Å²) in [5, 5.41) is 0. The van der Waals surface area contributed by atoms with Crippen LogP contribution in [0.25, 0.3) is 0 Å². The maximum absolute atomic E-state index is 14.1. The Balaban J connectivity index is 2.33. The van der Waals surface area contributed by atoms with E-state index in [1.807, 2.05) is 11.8 Å². The Kier molecular flexibility index (Phi) is 4.44. The minimum Gasteiger partial charge on any atom is -0.462 e. The van der Waals surface area contributed by atoms with E-state index >= 15 is 0 Å². The molecule has 0 radical (unpaired) electrons. The van der Waals surface area contributed by atoms with Crippen LogP contribution in [0.4, 0.5) is 15.8 Å². The number of hydrogen-bond acceptors (Lipinski definition) is 5. The van der Waals surface area contributed by atoms with Crippen LogP contribution in [0.2, 0.25) is 0 Å². The van der Waals surface area contributed by atoms with E-state index in [-0.39, 0.29) is 24.0 Å². The second-order valence-electron chi connectivity index (χ2n) is 4.74. The van der Waals surface area contributed by atoms with Crippen molar-refractivity contribution in [2.24, 2.45) is 0 Å². The number of rotatable bonds is 3. The highest BCUT2D eigenvalue weighted by molar-refractivity contribution is 5.96. The van der Waals surface area contributed by atoms with Gasteiger partial charge in [0.2, 0.25) is 0 Å². The Morgan fingerprint density at radius 3 is 3.00 bits per heavy atom. The van der Waals surface area contributed by atoms with Crippen LogP contribution < -0.4 is 10.6 Å². The molecule has 1 fully saturated rings. The first kappa shape index (κ1) is 14.6. The monoisotopic (exact) mass is 282 g/mol. The summed E-state index contributed by atoms with van der Waals surface area (Å²) < 4.78 is 24.4. The van der Waals surface area contributed by atoms with Crippen LogP contribution in [-0.2, 0) is 9.47 Å². The lowest BCUT2D eigenvalue weighted by atomic mass is 10.1. The molecule has 1 aliphatic heterocycles. The van der Waals surface area contributed by atoms with Gasteiger partial charge in [-0.2, -0.15) is 0 Å². The van der Waals surface area contributed by atoms with E-state index in [1.54, 1.807) is 6.92 Å². The number of nitrogens with zero attached hydrogens (tertiary/aromatic N) is 1. The minimum atomic E-state index is -0.535. The number of carbonyl (C=O) groups excluding carboxylic acids is 1. The van der Waals surface area contributed by atoms with Crippen molar-refractivity contribution in [1.82, 2.24) is 0 Å². The Labute approximate surface area is 117 Å². The summed E-state index contributed by atoms with van der Waals surface area (Å²) in [4.78, 5) is 13.7. The van der Waals surface area contributed by atoms with Crippen molar-refractivity contribution in [2.75, 3.05) is 36.9 Å². The van der Waals surface area contributed by atoms with Gasteiger partial charge in [0.05, 0.1) is 30.6 Å². The number of nitrogen functional groups attached to an aromatic ring is 1. The Bertz CT molecular complexity index is 507. The molecule has 1 heterocycles. The molecule has 0 aromatic heterocycles. The topological polar surface area (TPSA) is 64.8 Å². The largest absolute Gasteiger partial charge is 0.462 e. The van der Waals surface area contributed by atoms with Crippen LogP contribution in [0.5, 0.6) is 0 Å². The van der Waals surface area contributed by atoms with Crippen molar-refractivity contribution >= 4 is 17.3 Å². The molecule has 0 bridgehead atoms. The van der Waals surface area contributed by atoms with Gasteiger partial charge >= 0.3 is 5.97 Å². The predicted octanol–water partition coefficient (Wildman–Crippen LogP) is 1.81. The average molecular weight is 282 g/mol. The van der Waals surface area contributed by atoms with Crippen LogP contribution >= 0.6 is 0 Å². The first-order valence-electron chi connectivity index (χ1n) is 6.65. The molecule has 110 valence electrons. The van der Waals surface area contributed by atoms with Gasteiger partial charge in [0.25, 0.3) is 0 Å². The lowest BCUT2D eigenvalue weighted by Crippen LogP contribution is -2.41. The van der Waals surface area contributed by atoms with Crippen LogP contribution in [0.1, 0.15) is 24.2 Å². The molecule has 2 N–H and O–H groups in total. The van der Waals surface area contributed by atoms with Crippen molar-refractivity contribution < 1.29 is 18.7 Å². The zero-order valence-corrected chi connectivity index (χ0v) is 11.7.